The lowest BCUT2D eigenvalue weighted by Crippen LogP contribution is -2.21. The van der Waals surface area contributed by atoms with Crippen LogP contribution in [-0.2, 0) is 4.79 Å². The molecule has 20 heavy (non-hydrogen) atoms. The number of carbonyl (C=O) groups is 1. The Morgan fingerprint density at radius 3 is 3.05 bits per heavy atom. The molecule has 3 rings (SSSR count). The third-order valence-electron chi connectivity index (χ3n) is 4.12. The van der Waals surface area contributed by atoms with Crippen LogP contribution in [0.3, 0.4) is 0 Å². The van der Waals surface area contributed by atoms with Gasteiger partial charge >= 0.3 is 5.97 Å². The van der Waals surface area contributed by atoms with Crippen LogP contribution in [0, 0.1) is 11.8 Å². The van der Waals surface area contributed by atoms with Gasteiger partial charge in [-0.25, -0.2) is 0 Å². The predicted molar refractivity (Wildman–Crippen MR) is 74.3 cm³/mol. The van der Waals surface area contributed by atoms with E-state index in [9.17, 15) is 4.79 Å². The van der Waals surface area contributed by atoms with Gasteiger partial charge in [0.15, 0.2) is 11.5 Å². The number of anilines is 1. The molecule has 0 radical (unpaired) electrons. The monoisotopic (exact) mass is 277 g/mol. The maximum atomic E-state index is 10.9. The van der Waals surface area contributed by atoms with Gasteiger partial charge in [-0.3, -0.25) is 4.79 Å². The van der Waals surface area contributed by atoms with E-state index >= 15 is 0 Å². The zero-order chi connectivity index (χ0) is 14.1. The smallest absolute Gasteiger partial charge is 0.306 e. The molecule has 1 saturated heterocycles. The number of carboxylic acid groups (broad SMARTS) is 1. The average molecular weight is 277 g/mol. The Bertz CT molecular complexity index is 517. The summed E-state index contributed by atoms with van der Waals surface area (Å²) in [6.07, 6.45) is 1.79. The molecule has 2 unspecified atom stereocenters. The fourth-order valence-electron chi connectivity index (χ4n) is 2.94. The van der Waals surface area contributed by atoms with Gasteiger partial charge in [0.1, 0.15) is 0 Å². The van der Waals surface area contributed by atoms with Crippen LogP contribution in [0.4, 0.5) is 5.69 Å². The first kappa shape index (κ1) is 13.1. The molecule has 2 atom stereocenters. The fourth-order valence-corrected chi connectivity index (χ4v) is 2.94. The van der Waals surface area contributed by atoms with Gasteiger partial charge in [-0.15, -0.1) is 0 Å². The van der Waals surface area contributed by atoms with E-state index in [-0.39, 0.29) is 12.7 Å². The van der Waals surface area contributed by atoms with Gasteiger partial charge < -0.3 is 19.5 Å². The van der Waals surface area contributed by atoms with E-state index in [4.69, 9.17) is 14.6 Å². The molecule has 1 N–H and O–H groups in total. The Morgan fingerprint density at radius 2 is 2.25 bits per heavy atom. The average Bonchev–Trinajstić information content (AvgIpc) is 3.05. The Balaban J connectivity index is 1.64. The largest absolute Gasteiger partial charge is 0.481 e. The Labute approximate surface area is 118 Å². The molecule has 108 valence electrons. The van der Waals surface area contributed by atoms with Crippen molar-refractivity contribution in [1.82, 2.24) is 0 Å². The van der Waals surface area contributed by atoms with Gasteiger partial charge in [-0.2, -0.15) is 0 Å². The number of ether oxygens (including phenoxy) is 2. The molecule has 2 aliphatic heterocycles. The fraction of sp³-hybridized carbons (Fsp3) is 0.533. The van der Waals surface area contributed by atoms with Crippen LogP contribution in [0.15, 0.2) is 18.2 Å². The lowest BCUT2D eigenvalue weighted by molar-refractivity contribution is -0.141. The quantitative estimate of drug-likeness (QED) is 0.915. The first-order valence-corrected chi connectivity index (χ1v) is 7.01. The van der Waals surface area contributed by atoms with E-state index in [1.165, 1.54) is 0 Å². The topological polar surface area (TPSA) is 59.0 Å². The first-order chi connectivity index (χ1) is 9.63. The van der Waals surface area contributed by atoms with Crippen LogP contribution >= 0.6 is 0 Å². The molecule has 0 spiro atoms. The van der Waals surface area contributed by atoms with Gasteiger partial charge in [0.05, 0.1) is 5.92 Å². The highest BCUT2D eigenvalue weighted by Crippen LogP contribution is 2.37. The molecule has 0 aromatic heterocycles. The molecular weight excluding hydrogens is 258 g/mol. The molecule has 0 bridgehead atoms. The molecular formula is C15H19NO4. The van der Waals surface area contributed by atoms with Gasteiger partial charge in [0.25, 0.3) is 0 Å². The maximum Gasteiger partial charge on any atom is 0.306 e. The minimum atomic E-state index is -0.702. The number of nitrogens with zero attached hydrogens (tertiary/aromatic N) is 1. The van der Waals surface area contributed by atoms with E-state index in [0.29, 0.717) is 5.92 Å². The van der Waals surface area contributed by atoms with Crippen LogP contribution in [-0.4, -0.2) is 31.0 Å². The van der Waals surface area contributed by atoms with E-state index in [1.807, 2.05) is 18.2 Å². The van der Waals surface area contributed by atoms with Crippen molar-refractivity contribution in [3.05, 3.63) is 18.2 Å². The molecule has 5 heteroatoms. The van der Waals surface area contributed by atoms with Crippen LogP contribution in [0.2, 0.25) is 0 Å². The molecule has 5 nitrogen and oxygen atoms in total. The summed E-state index contributed by atoms with van der Waals surface area (Å²) < 4.78 is 10.7. The summed E-state index contributed by atoms with van der Waals surface area (Å²) in [5.74, 6) is 1.07. The maximum absolute atomic E-state index is 10.9. The van der Waals surface area contributed by atoms with E-state index in [0.717, 1.165) is 43.1 Å². The van der Waals surface area contributed by atoms with Gasteiger partial charge in [-0.05, 0) is 30.9 Å². The van der Waals surface area contributed by atoms with Crippen molar-refractivity contribution < 1.29 is 19.4 Å². The van der Waals surface area contributed by atoms with E-state index in [1.54, 1.807) is 6.92 Å². The number of rotatable bonds is 4. The molecule has 2 aliphatic rings. The number of hydrogen-bond acceptors (Lipinski definition) is 4. The van der Waals surface area contributed by atoms with Crippen molar-refractivity contribution in [1.29, 1.82) is 0 Å². The molecule has 1 fully saturated rings. The third-order valence-corrected chi connectivity index (χ3v) is 4.12. The zero-order valence-corrected chi connectivity index (χ0v) is 11.5. The second-order valence-electron chi connectivity index (χ2n) is 5.61. The standard InChI is InChI=1S/C15H19NO4/c1-10(15(17)18)6-11-4-5-16(8-11)12-2-3-13-14(7-12)20-9-19-13/h2-3,7,10-11H,4-6,8-9H2,1H3,(H,17,18). The summed E-state index contributed by atoms with van der Waals surface area (Å²) in [6.45, 7) is 3.96. The SMILES string of the molecule is CC(CC1CCN(c2ccc3c(c2)OCO3)C1)C(=O)O. The Morgan fingerprint density at radius 1 is 1.45 bits per heavy atom. The summed E-state index contributed by atoms with van der Waals surface area (Å²) in [6, 6.07) is 5.98. The number of carboxylic acids is 1. The number of aliphatic carboxylic acids is 1. The van der Waals surface area contributed by atoms with Gasteiger partial charge in [0.2, 0.25) is 6.79 Å². The lowest BCUT2D eigenvalue weighted by Gasteiger charge is -2.19. The first-order valence-electron chi connectivity index (χ1n) is 7.01. The molecule has 2 heterocycles. The highest BCUT2D eigenvalue weighted by atomic mass is 16.7. The van der Waals surface area contributed by atoms with Crippen molar-refractivity contribution in [3.63, 3.8) is 0 Å². The van der Waals surface area contributed by atoms with Crippen LogP contribution in [0.25, 0.3) is 0 Å². The van der Waals surface area contributed by atoms with Crippen LogP contribution in [0.5, 0.6) is 11.5 Å². The zero-order valence-electron chi connectivity index (χ0n) is 11.5. The van der Waals surface area contributed by atoms with Gasteiger partial charge in [-0.1, -0.05) is 6.92 Å². The van der Waals surface area contributed by atoms with Crippen molar-refractivity contribution in [2.75, 3.05) is 24.8 Å². The molecule has 0 amide bonds. The second-order valence-corrected chi connectivity index (χ2v) is 5.61. The highest BCUT2D eigenvalue weighted by Gasteiger charge is 2.27. The highest BCUT2D eigenvalue weighted by molar-refractivity contribution is 5.69. The lowest BCUT2D eigenvalue weighted by atomic mass is 9.95. The second kappa shape index (κ2) is 5.23. The predicted octanol–water partition coefficient (Wildman–Crippen LogP) is 2.35. The Kier molecular flexibility index (Phi) is 3.42. The Hall–Kier alpha value is -1.91. The summed E-state index contributed by atoms with van der Waals surface area (Å²) in [5.41, 5.74) is 1.12. The molecule has 1 aromatic rings. The molecule has 0 aliphatic carbocycles. The number of fused-ring (bicyclic) bond motifs is 1. The minimum Gasteiger partial charge on any atom is -0.481 e. The summed E-state index contributed by atoms with van der Waals surface area (Å²) >= 11 is 0. The van der Waals surface area contributed by atoms with Crippen molar-refractivity contribution in [2.45, 2.75) is 19.8 Å². The van der Waals surface area contributed by atoms with Crippen molar-refractivity contribution in [3.8, 4) is 11.5 Å². The third kappa shape index (κ3) is 2.53. The van der Waals surface area contributed by atoms with Crippen LogP contribution in [0.1, 0.15) is 19.8 Å². The molecule has 1 aromatic carbocycles. The summed E-state index contributed by atoms with van der Waals surface area (Å²) in [7, 11) is 0. The van der Waals surface area contributed by atoms with Gasteiger partial charge in [0, 0.05) is 24.8 Å². The summed E-state index contributed by atoms with van der Waals surface area (Å²) in [5, 5.41) is 8.99. The van der Waals surface area contributed by atoms with E-state index in [2.05, 4.69) is 4.90 Å². The van der Waals surface area contributed by atoms with Crippen molar-refractivity contribution >= 4 is 11.7 Å². The molecule has 0 saturated carbocycles. The summed E-state index contributed by atoms with van der Waals surface area (Å²) in [4.78, 5) is 13.2. The minimum absolute atomic E-state index is 0.267. The van der Waals surface area contributed by atoms with Crippen molar-refractivity contribution in [2.24, 2.45) is 11.8 Å². The normalized spacial score (nSPS) is 22.1. The number of benzene rings is 1. The van der Waals surface area contributed by atoms with Crippen LogP contribution < -0.4 is 14.4 Å². The van der Waals surface area contributed by atoms with E-state index < -0.39 is 5.97 Å². The number of hydrogen-bond donors (Lipinski definition) is 1.